The number of esters is 1. The van der Waals surface area contributed by atoms with Crippen LogP contribution in [0.3, 0.4) is 0 Å². The first-order valence-corrected chi connectivity index (χ1v) is 14.3. The van der Waals surface area contributed by atoms with Crippen LogP contribution in [0.5, 0.6) is 5.75 Å². The van der Waals surface area contributed by atoms with E-state index in [9.17, 15) is 13.2 Å². The van der Waals surface area contributed by atoms with Crippen LogP contribution in [0.1, 0.15) is 61.5 Å². The van der Waals surface area contributed by atoms with Crippen LogP contribution in [-0.4, -0.2) is 47.4 Å². The Bertz CT molecular complexity index is 1170. The SMILES string of the molecule is CCc1ccc(N(CC(C)C)S(=O)(=O)c2cc3c(c(C(=O)OC)c2)OC(C2CCOCC2)CC3)cc1. The zero-order valence-electron chi connectivity index (χ0n) is 21.7. The highest BCUT2D eigenvalue weighted by Crippen LogP contribution is 2.39. The van der Waals surface area contributed by atoms with Crippen LogP contribution in [0.4, 0.5) is 5.69 Å². The molecule has 36 heavy (non-hydrogen) atoms. The van der Waals surface area contributed by atoms with E-state index in [4.69, 9.17) is 14.2 Å². The summed E-state index contributed by atoms with van der Waals surface area (Å²) in [5, 5.41) is 0. The second-order valence-electron chi connectivity index (χ2n) is 10.0. The third kappa shape index (κ3) is 5.54. The van der Waals surface area contributed by atoms with E-state index in [1.54, 1.807) is 6.07 Å². The molecule has 0 aliphatic carbocycles. The van der Waals surface area contributed by atoms with Crippen LogP contribution in [0.15, 0.2) is 41.3 Å². The van der Waals surface area contributed by atoms with Crippen LogP contribution in [-0.2, 0) is 32.3 Å². The van der Waals surface area contributed by atoms with Crippen LogP contribution >= 0.6 is 0 Å². The molecule has 0 aromatic heterocycles. The first-order valence-electron chi connectivity index (χ1n) is 12.9. The Hall–Kier alpha value is -2.58. The lowest BCUT2D eigenvalue weighted by atomic mass is 9.87. The average molecular weight is 516 g/mol. The van der Waals surface area contributed by atoms with E-state index in [1.165, 1.54) is 17.5 Å². The predicted octanol–water partition coefficient (Wildman–Crippen LogP) is 5.01. The topological polar surface area (TPSA) is 82.1 Å². The minimum absolute atomic E-state index is 0.0261. The fourth-order valence-corrected chi connectivity index (χ4v) is 6.73. The van der Waals surface area contributed by atoms with Gasteiger partial charge in [0.15, 0.2) is 0 Å². The number of hydrogen-bond acceptors (Lipinski definition) is 6. The van der Waals surface area contributed by atoms with Crippen molar-refractivity contribution in [2.45, 2.75) is 63.9 Å². The first kappa shape index (κ1) is 26.5. The highest BCUT2D eigenvalue weighted by molar-refractivity contribution is 7.92. The maximum Gasteiger partial charge on any atom is 0.341 e. The van der Waals surface area contributed by atoms with Gasteiger partial charge in [0, 0.05) is 25.7 Å². The molecule has 2 aromatic rings. The number of sulfonamides is 1. The molecule has 1 saturated heterocycles. The quantitative estimate of drug-likeness (QED) is 0.460. The molecule has 2 heterocycles. The standard InChI is InChI=1S/C28H37NO6S/c1-5-20-6-9-23(10-7-20)29(18-19(2)3)36(31,32)24-16-22-8-11-26(21-12-14-34-15-13-21)35-27(22)25(17-24)28(30)33-4/h6-7,9-10,16-17,19,21,26H,5,8,11-15,18H2,1-4H3. The number of aryl methyl sites for hydroxylation is 2. The number of carbonyl (C=O) groups excluding carboxylic acids is 1. The molecule has 2 aliphatic rings. The van der Waals surface area contributed by atoms with Gasteiger partial charge in [-0.2, -0.15) is 0 Å². The van der Waals surface area contributed by atoms with E-state index in [-0.39, 0.29) is 22.5 Å². The summed E-state index contributed by atoms with van der Waals surface area (Å²) >= 11 is 0. The van der Waals surface area contributed by atoms with Crippen molar-refractivity contribution >= 4 is 21.7 Å². The number of benzene rings is 2. The number of fused-ring (bicyclic) bond motifs is 1. The van der Waals surface area contributed by atoms with Crippen molar-refractivity contribution in [3.05, 3.63) is 53.1 Å². The predicted molar refractivity (Wildman–Crippen MR) is 139 cm³/mol. The van der Waals surface area contributed by atoms with Crippen molar-refractivity contribution in [2.75, 3.05) is 31.2 Å². The Morgan fingerprint density at radius 3 is 2.42 bits per heavy atom. The second-order valence-corrected chi connectivity index (χ2v) is 11.9. The Labute approximate surface area is 214 Å². The molecule has 0 saturated carbocycles. The van der Waals surface area contributed by atoms with Gasteiger partial charge in [0.05, 0.1) is 17.7 Å². The van der Waals surface area contributed by atoms with Gasteiger partial charge in [0.25, 0.3) is 10.0 Å². The number of anilines is 1. The molecule has 0 N–H and O–H groups in total. The van der Waals surface area contributed by atoms with E-state index in [0.29, 0.717) is 43.5 Å². The van der Waals surface area contributed by atoms with Gasteiger partial charge in [-0.05, 0) is 73.4 Å². The monoisotopic (exact) mass is 515 g/mol. The molecule has 1 fully saturated rings. The van der Waals surface area contributed by atoms with Crippen molar-refractivity contribution in [3.8, 4) is 5.75 Å². The van der Waals surface area contributed by atoms with Crippen LogP contribution in [0.25, 0.3) is 0 Å². The zero-order chi connectivity index (χ0) is 25.9. The van der Waals surface area contributed by atoms with Gasteiger partial charge in [0.1, 0.15) is 17.4 Å². The third-order valence-corrected chi connectivity index (χ3v) is 8.83. The summed E-state index contributed by atoms with van der Waals surface area (Å²) in [6.45, 7) is 7.78. The van der Waals surface area contributed by atoms with Gasteiger partial charge >= 0.3 is 5.97 Å². The minimum Gasteiger partial charge on any atom is -0.489 e. The van der Waals surface area contributed by atoms with Crippen molar-refractivity contribution in [2.24, 2.45) is 11.8 Å². The van der Waals surface area contributed by atoms with Gasteiger partial charge in [-0.15, -0.1) is 0 Å². The van der Waals surface area contributed by atoms with E-state index in [2.05, 4.69) is 6.92 Å². The maximum atomic E-state index is 14.0. The lowest BCUT2D eigenvalue weighted by molar-refractivity contribution is 0.0101. The molecule has 0 radical (unpaired) electrons. The molecule has 0 bridgehead atoms. The molecule has 2 aliphatic heterocycles. The van der Waals surface area contributed by atoms with Crippen molar-refractivity contribution in [1.29, 1.82) is 0 Å². The summed E-state index contributed by atoms with van der Waals surface area (Å²) in [4.78, 5) is 12.9. The third-order valence-electron chi connectivity index (χ3n) is 7.06. The van der Waals surface area contributed by atoms with Crippen LogP contribution in [0.2, 0.25) is 0 Å². The molecule has 8 heteroatoms. The van der Waals surface area contributed by atoms with Crippen molar-refractivity contribution < 1.29 is 27.4 Å². The molecule has 0 amide bonds. The fourth-order valence-electron chi connectivity index (χ4n) is 5.02. The summed E-state index contributed by atoms with van der Waals surface area (Å²) < 4.78 is 46.3. The van der Waals surface area contributed by atoms with E-state index in [0.717, 1.165) is 36.8 Å². The largest absolute Gasteiger partial charge is 0.489 e. The molecule has 4 rings (SSSR count). The summed E-state index contributed by atoms with van der Waals surface area (Å²) in [5.74, 6) is 0.310. The zero-order valence-corrected chi connectivity index (χ0v) is 22.5. The number of nitrogens with zero attached hydrogens (tertiary/aromatic N) is 1. The van der Waals surface area contributed by atoms with Gasteiger partial charge in [-0.1, -0.05) is 32.9 Å². The van der Waals surface area contributed by atoms with Crippen LogP contribution < -0.4 is 9.04 Å². The molecular weight excluding hydrogens is 478 g/mol. The van der Waals surface area contributed by atoms with Crippen molar-refractivity contribution in [3.63, 3.8) is 0 Å². The highest BCUT2D eigenvalue weighted by atomic mass is 32.2. The summed E-state index contributed by atoms with van der Waals surface area (Å²) in [5.41, 5.74) is 2.63. The molecule has 2 aromatic carbocycles. The normalized spacial score (nSPS) is 18.4. The maximum absolute atomic E-state index is 14.0. The Balaban J connectivity index is 1.74. The second kappa shape index (κ2) is 11.2. The molecular formula is C28H37NO6S. The van der Waals surface area contributed by atoms with Gasteiger partial charge in [-0.25, -0.2) is 13.2 Å². The lowest BCUT2D eigenvalue weighted by Crippen LogP contribution is -2.36. The van der Waals surface area contributed by atoms with E-state index >= 15 is 0 Å². The number of carbonyl (C=O) groups is 1. The van der Waals surface area contributed by atoms with Crippen LogP contribution in [0, 0.1) is 11.8 Å². The van der Waals surface area contributed by atoms with Gasteiger partial charge in [0.2, 0.25) is 0 Å². The molecule has 1 unspecified atom stereocenters. The van der Waals surface area contributed by atoms with Gasteiger partial charge < -0.3 is 14.2 Å². The number of methoxy groups -OCH3 is 1. The molecule has 7 nitrogen and oxygen atoms in total. The summed E-state index contributed by atoms with van der Waals surface area (Å²) in [6, 6.07) is 10.7. The smallest absolute Gasteiger partial charge is 0.341 e. The molecule has 0 spiro atoms. The molecule has 196 valence electrons. The highest BCUT2D eigenvalue weighted by Gasteiger charge is 2.35. The first-order chi connectivity index (χ1) is 17.2. The number of hydrogen-bond donors (Lipinski definition) is 0. The minimum atomic E-state index is -3.95. The number of rotatable bonds is 8. The van der Waals surface area contributed by atoms with Crippen molar-refractivity contribution in [1.82, 2.24) is 0 Å². The Kier molecular flexibility index (Phi) is 8.25. The Morgan fingerprint density at radius 2 is 1.81 bits per heavy atom. The average Bonchev–Trinajstić information content (AvgIpc) is 2.90. The van der Waals surface area contributed by atoms with Gasteiger partial charge in [-0.3, -0.25) is 4.31 Å². The Morgan fingerprint density at radius 1 is 1.11 bits per heavy atom. The number of ether oxygens (including phenoxy) is 3. The molecule has 1 atom stereocenters. The van der Waals surface area contributed by atoms with E-state index < -0.39 is 16.0 Å². The summed E-state index contributed by atoms with van der Waals surface area (Å²) in [7, 11) is -2.65. The fraction of sp³-hybridized carbons (Fsp3) is 0.536. The lowest BCUT2D eigenvalue weighted by Gasteiger charge is -2.35. The van der Waals surface area contributed by atoms with E-state index in [1.807, 2.05) is 38.1 Å². The summed E-state index contributed by atoms with van der Waals surface area (Å²) in [6.07, 6.45) is 4.10.